The molecule has 2 aliphatic rings. The first-order valence-electron chi connectivity index (χ1n) is 13.6. The van der Waals surface area contributed by atoms with E-state index in [2.05, 4.69) is 86.6 Å². The average molecular weight is 514 g/mol. The lowest BCUT2D eigenvalue weighted by molar-refractivity contribution is 0.0840. The molecule has 2 aliphatic heterocycles. The lowest BCUT2D eigenvalue weighted by Gasteiger charge is -2.38. The van der Waals surface area contributed by atoms with E-state index in [1.165, 1.54) is 5.56 Å². The van der Waals surface area contributed by atoms with Crippen molar-refractivity contribution in [1.82, 2.24) is 35.0 Å². The summed E-state index contributed by atoms with van der Waals surface area (Å²) in [5, 5.41) is 13.9. The van der Waals surface area contributed by atoms with Crippen LogP contribution in [0.5, 0.6) is 0 Å². The lowest BCUT2D eigenvalue weighted by atomic mass is 9.99. The van der Waals surface area contributed by atoms with Gasteiger partial charge in [-0.3, -0.25) is 14.6 Å². The van der Waals surface area contributed by atoms with E-state index < -0.39 is 0 Å². The zero-order valence-corrected chi connectivity index (χ0v) is 22.1. The van der Waals surface area contributed by atoms with Crippen LogP contribution < -0.4 is 5.56 Å². The Morgan fingerprint density at radius 1 is 1.08 bits per heavy atom. The molecule has 4 aromatic rings. The van der Waals surface area contributed by atoms with Gasteiger partial charge in [0, 0.05) is 44.9 Å². The number of hydrogen-bond acceptors (Lipinski definition) is 7. The Morgan fingerprint density at radius 2 is 1.89 bits per heavy atom. The predicted octanol–water partition coefficient (Wildman–Crippen LogP) is 3.22. The summed E-state index contributed by atoms with van der Waals surface area (Å²) < 4.78 is 7.73. The van der Waals surface area contributed by atoms with Crippen molar-refractivity contribution >= 4 is 10.9 Å². The smallest absolute Gasteiger partial charge is 0.253 e. The van der Waals surface area contributed by atoms with Crippen LogP contribution in [0.1, 0.15) is 47.0 Å². The molecule has 198 valence electrons. The van der Waals surface area contributed by atoms with E-state index >= 15 is 0 Å². The van der Waals surface area contributed by atoms with Gasteiger partial charge in [0.2, 0.25) is 0 Å². The summed E-state index contributed by atoms with van der Waals surface area (Å²) in [5.74, 6) is 0.700. The Bertz CT molecular complexity index is 1450. The number of aromatic amines is 1. The SMILES string of the molecule is Cc1ccc2cc([C@@H](c3nnnn3C[C@@H]3CCCO3)N3CCN(Cc4ccccc4)CC3)c(=O)[nH]c2c1C. The minimum Gasteiger partial charge on any atom is -0.376 e. The van der Waals surface area contributed by atoms with Crippen LogP contribution in [0.4, 0.5) is 0 Å². The van der Waals surface area contributed by atoms with Gasteiger partial charge in [-0.05, 0) is 65.3 Å². The number of rotatable bonds is 7. The molecule has 0 saturated carbocycles. The first-order valence-corrected chi connectivity index (χ1v) is 13.6. The van der Waals surface area contributed by atoms with E-state index in [0.717, 1.165) is 74.2 Å². The number of hydrogen-bond donors (Lipinski definition) is 1. The van der Waals surface area contributed by atoms with E-state index in [4.69, 9.17) is 4.74 Å². The third-order valence-electron chi connectivity index (χ3n) is 8.10. The quantitative estimate of drug-likeness (QED) is 0.406. The van der Waals surface area contributed by atoms with Gasteiger partial charge in [0.25, 0.3) is 5.56 Å². The molecule has 1 N–H and O–H groups in total. The van der Waals surface area contributed by atoms with Crippen molar-refractivity contribution in [2.24, 2.45) is 0 Å². The molecular weight excluding hydrogens is 478 g/mol. The predicted molar refractivity (Wildman–Crippen MR) is 146 cm³/mol. The van der Waals surface area contributed by atoms with Gasteiger partial charge in [-0.1, -0.05) is 42.5 Å². The van der Waals surface area contributed by atoms with E-state index in [-0.39, 0.29) is 17.7 Å². The molecule has 0 spiro atoms. The second kappa shape index (κ2) is 10.8. The van der Waals surface area contributed by atoms with Gasteiger partial charge in [-0.2, -0.15) is 0 Å². The number of benzene rings is 2. The second-order valence-corrected chi connectivity index (χ2v) is 10.6. The highest BCUT2D eigenvalue weighted by molar-refractivity contribution is 5.83. The highest BCUT2D eigenvalue weighted by Crippen LogP contribution is 2.29. The number of aromatic nitrogens is 5. The van der Waals surface area contributed by atoms with Gasteiger partial charge in [-0.15, -0.1) is 5.10 Å². The Hall–Kier alpha value is -3.40. The lowest BCUT2D eigenvalue weighted by Crippen LogP contribution is -2.48. The largest absolute Gasteiger partial charge is 0.376 e. The monoisotopic (exact) mass is 513 g/mol. The second-order valence-electron chi connectivity index (χ2n) is 10.6. The van der Waals surface area contributed by atoms with Crippen LogP contribution in [-0.4, -0.2) is 73.9 Å². The van der Waals surface area contributed by atoms with Crippen molar-refractivity contribution in [3.8, 4) is 0 Å². The molecular formula is C29H35N7O2. The standard InChI is InChI=1S/C29H35N7O2/c1-20-10-11-23-17-25(29(37)30-26(23)21(20)2)27(28-31-32-33-36(28)19-24-9-6-16-38-24)35-14-12-34(13-15-35)18-22-7-4-3-5-8-22/h3-5,7-8,10-11,17,24,27H,6,9,12-16,18-19H2,1-2H3,(H,30,37)/t24-,27-/m0/s1. The van der Waals surface area contributed by atoms with Crippen molar-refractivity contribution < 1.29 is 4.74 Å². The van der Waals surface area contributed by atoms with Crippen molar-refractivity contribution in [2.45, 2.75) is 51.9 Å². The van der Waals surface area contributed by atoms with E-state index in [9.17, 15) is 4.79 Å². The van der Waals surface area contributed by atoms with E-state index in [1.807, 2.05) is 10.7 Å². The Kier molecular flexibility index (Phi) is 7.06. The number of ether oxygens (including phenoxy) is 1. The molecule has 4 heterocycles. The molecule has 2 atom stereocenters. The highest BCUT2D eigenvalue weighted by atomic mass is 16.5. The first kappa shape index (κ1) is 24.9. The highest BCUT2D eigenvalue weighted by Gasteiger charge is 2.33. The number of aryl methyl sites for hydroxylation is 2. The molecule has 0 radical (unpaired) electrons. The first-order chi connectivity index (χ1) is 18.6. The Morgan fingerprint density at radius 3 is 2.66 bits per heavy atom. The molecule has 38 heavy (non-hydrogen) atoms. The van der Waals surface area contributed by atoms with Crippen molar-refractivity contribution in [2.75, 3.05) is 32.8 Å². The average Bonchev–Trinajstić information content (AvgIpc) is 3.62. The zero-order valence-electron chi connectivity index (χ0n) is 22.1. The number of nitrogens with one attached hydrogen (secondary N) is 1. The molecule has 0 amide bonds. The van der Waals surface area contributed by atoms with Crippen LogP contribution in [0.25, 0.3) is 10.9 Å². The number of nitrogens with zero attached hydrogens (tertiary/aromatic N) is 6. The molecule has 2 saturated heterocycles. The van der Waals surface area contributed by atoms with Gasteiger partial charge in [0.15, 0.2) is 5.82 Å². The van der Waals surface area contributed by atoms with Crippen LogP contribution in [0.15, 0.2) is 53.3 Å². The van der Waals surface area contributed by atoms with Gasteiger partial charge in [0.1, 0.15) is 6.04 Å². The van der Waals surface area contributed by atoms with Gasteiger partial charge in [0.05, 0.1) is 18.2 Å². The molecule has 0 bridgehead atoms. The minimum absolute atomic E-state index is 0.0884. The molecule has 9 nitrogen and oxygen atoms in total. The Labute approximate surface area is 222 Å². The molecule has 6 rings (SSSR count). The third kappa shape index (κ3) is 5.01. The van der Waals surface area contributed by atoms with Crippen molar-refractivity contribution in [3.63, 3.8) is 0 Å². The molecule has 9 heteroatoms. The van der Waals surface area contributed by atoms with Crippen LogP contribution in [0.3, 0.4) is 0 Å². The fraction of sp³-hybridized carbons (Fsp3) is 0.448. The summed E-state index contributed by atoms with van der Waals surface area (Å²) >= 11 is 0. The number of H-pyrrole nitrogens is 1. The molecule has 2 aromatic heterocycles. The van der Waals surface area contributed by atoms with Gasteiger partial charge >= 0.3 is 0 Å². The maximum atomic E-state index is 13.6. The van der Waals surface area contributed by atoms with Crippen LogP contribution in [-0.2, 0) is 17.8 Å². The molecule has 0 aliphatic carbocycles. The number of piperazine rings is 1. The number of pyridine rings is 1. The number of fused-ring (bicyclic) bond motifs is 1. The van der Waals surface area contributed by atoms with E-state index in [0.29, 0.717) is 17.9 Å². The molecule has 2 fully saturated rings. The van der Waals surface area contributed by atoms with Gasteiger partial charge < -0.3 is 9.72 Å². The summed E-state index contributed by atoms with van der Waals surface area (Å²) in [6.45, 7) is 9.85. The summed E-state index contributed by atoms with van der Waals surface area (Å²) in [6, 6.07) is 16.5. The van der Waals surface area contributed by atoms with Crippen molar-refractivity contribution in [1.29, 1.82) is 0 Å². The maximum absolute atomic E-state index is 13.6. The minimum atomic E-state index is -0.347. The summed E-state index contributed by atoms with van der Waals surface area (Å²) in [7, 11) is 0. The topological polar surface area (TPSA) is 92.2 Å². The van der Waals surface area contributed by atoms with Crippen LogP contribution >= 0.6 is 0 Å². The molecule has 0 unspecified atom stereocenters. The zero-order chi connectivity index (χ0) is 26.1. The van der Waals surface area contributed by atoms with Crippen LogP contribution in [0.2, 0.25) is 0 Å². The van der Waals surface area contributed by atoms with Crippen molar-refractivity contribution in [3.05, 3.63) is 87.0 Å². The third-order valence-corrected chi connectivity index (χ3v) is 8.10. The van der Waals surface area contributed by atoms with E-state index in [1.54, 1.807) is 0 Å². The summed E-state index contributed by atoms with van der Waals surface area (Å²) in [5.41, 5.74) is 5.06. The van der Waals surface area contributed by atoms with Crippen LogP contribution in [0, 0.1) is 13.8 Å². The maximum Gasteiger partial charge on any atom is 0.253 e. The fourth-order valence-electron chi connectivity index (χ4n) is 5.78. The molecule has 2 aromatic carbocycles. The van der Waals surface area contributed by atoms with Gasteiger partial charge in [-0.25, -0.2) is 4.68 Å². The fourth-order valence-corrected chi connectivity index (χ4v) is 5.78. The Balaban J connectivity index is 1.34. The summed E-state index contributed by atoms with van der Waals surface area (Å²) in [4.78, 5) is 21.7. The summed E-state index contributed by atoms with van der Waals surface area (Å²) in [6.07, 6.45) is 2.15. The normalized spacial score (nSPS) is 19.8. The number of tetrazole rings is 1.